The van der Waals surface area contributed by atoms with E-state index in [2.05, 4.69) is 5.32 Å². The van der Waals surface area contributed by atoms with Crippen molar-refractivity contribution in [3.05, 3.63) is 54.1 Å². The molecule has 7 nitrogen and oxygen atoms in total. The lowest BCUT2D eigenvalue weighted by Crippen LogP contribution is -2.39. The van der Waals surface area contributed by atoms with Crippen LogP contribution in [-0.2, 0) is 21.2 Å². The van der Waals surface area contributed by atoms with Gasteiger partial charge in [-0.05, 0) is 32.0 Å². The van der Waals surface area contributed by atoms with Crippen molar-refractivity contribution in [3.63, 3.8) is 0 Å². The van der Waals surface area contributed by atoms with Crippen LogP contribution < -0.4 is 14.8 Å². The molecule has 1 N–H and O–H groups in total. The van der Waals surface area contributed by atoms with Gasteiger partial charge in [0.2, 0.25) is 15.9 Å². The molecule has 156 valence electrons. The molecule has 0 bridgehead atoms. The molecule has 0 aliphatic carbocycles. The first-order valence-electron chi connectivity index (χ1n) is 9.41. The molecular formula is C21H26N2O5S. The van der Waals surface area contributed by atoms with Crippen molar-refractivity contribution in [2.75, 3.05) is 26.7 Å². The summed E-state index contributed by atoms with van der Waals surface area (Å²) in [5.41, 5.74) is 0.842. The summed E-state index contributed by atoms with van der Waals surface area (Å²) < 4.78 is 37.6. The fourth-order valence-electron chi connectivity index (χ4n) is 3.17. The second-order valence-electron chi connectivity index (χ2n) is 7.56. The number of hydrogen-bond donors (Lipinski definition) is 1. The number of hydrogen-bond acceptors (Lipinski definition) is 5. The van der Waals surface area contributed by atoms with E-state index < -0.39 is 15.9 Å². The minimum absolute atomic E-state index is 0.152. The monoisotopic (exact) mass is 418 g/mol. The lowest BCUT2D eigenvalue weighted by Gasteiger charge is -2.18. The molecule has 0 fully saturated rings. The zero-order valence-corrected chi connectivity index (χ0v) is 17.7. The molecule has 0 spiro atoms. The largest absolute Gasteiger partial charge is 0.488 e. The Labute approximate surface area is 171 Å². The van der Waals surface area contributed by atoms with Crippen molar-refractivity contribution in [1.29, 1.82) is 0 Å². The van der Waals surface area contributed by atoms with E-state index in [-0.39, 0.29) is 30.2 Å². The lowest BCUT2D eigenvalue weighted by atomic mass is 10.0. The fourth-order valence-corrected chi connectivity index (χ4v) is 4.32. The molecule has 29 heavy (non-hydrogen) atoms. The molecule has 1 aliphatic heterocycles. The van der Waals surface area contributed by atoms with Crippen molar-refractivity contribution in [2.24, 2.45) is 0 Å². The fraction of sp³-hybridized carbons (Fsp3) is 0.381. The molecule has 0 atom stereocenters. The third kappa shape index (κ3) is 5.07. The van der Waals surface area contributed by atoms with Crippen molar-refractivity contribution in [2.45, 2.75) is 30.8 Å². The number of rotatable bonds is 8. The number of fused-ring (bicyclic) bond motifs is 1. The molecule has 8 heteroatoms. The smallest absolute Gasteiger partial charge is 0.243 e. The maximum absolute atomic E-state index is 12.5. The van der Waals surface area contributed by atoms with Crippen molar-refractivity contribution >= 4 is 15.9 Å². The van der Waals surface area contributed by atoms with Crippen LogP contribution in [0.25, 0.3) is 0 Å². The Balaban J connectivity index is 1.47. The molecule has 2 aromatic rings. The zero-order valence-electron chi connectivity index (χ0n) is 16.8. The highest BCUT2D eigenvalue weighted by Crippen LogP contribution is 2.41. The summed E-state index contributed by atoms with van der Waals surface area (Å²) in [4.78, 5) is 12.3. The Bertz CT molecular complexity index is 974. The molecule has 1 amide bonds. The van der Waals surface area contributed by atoms with Crippen LogP contribution in [0.4, 0.5) is 0 Å². The van der Waals surface area contributed by atoms with Gasteiger partial charge < -0.3 is 14.8 Å². The summed E-state index contributed by atoms with van der Waals surface area (Å²) in [5.74, 6) is 0.995. The van der Waals surface area contributed by atoms with Crippen molar-refractivity contribution < 1.29 is 22.7 Å². The predicted molar refractivity (Wildman–Crippen MR) is 110 cm³/mol. The molecule has 2 aromatic carbocycles. The van der Waals surface area contributed by atoms with Gasteiger partial charge in [-0.25, -0.2) is 8.42 Å². The van der Waals surface area contributed by atoms with E-state index in [9.17, 15) is 13.2 Å². The summed E-state index contributed by atoms with van der Waals surface area (Å²) in [7, 11) is -2.32. The van der Waals surface area contributed by atoms with Crippen LogP contribution >= 0.6 is 0 Å². The van der Waals surface area contributed by atoms with Crippen LogP contribution in [0.1, 0.15) is 19.4 Å². The molecule has 1 heterocycles. The summed E-state index contributed by atoms with van der Waals surface area (Å²) in [6, 6.07) is 13.8. The minimum atomic E-state index is -3.70. The number of carbonyl (C=O) groups excluding carboxylic acids is 1. The quantitative estimate of drug-likeness (QED) is 0.665. The number of amides is 1. The van der Waals surface area contributed by atoms with Gasteiger partial charge in [-0.1, -0.05) is 30.3 Å². The molecule has 0 saturated heterocycles. The maximum atomic E-state index is 12.5. The third-order valence-electron chi connectivity index (χ3n) is 4.55. The van der Waals surface area contributed by atoms with E-state index in [0.29, 0.717) is 5.75 Å². The Kier molecular flexibility index (Phi) is 6.14. The number of likely N-dealkylation sites (N-methyl/N-ethyl adjacent to an activating group) is 1. The van der Waals surface area contributed by atoms with Gasteiger partial charge in [0.05, 0.1) is 18.0 Å². The molecule has 0 aromatic heterocycles. The zero-order chi connectivity index (χ0) is 21.1. The number of benzene rings is 2. The van der Waals surface area contributed by atoms with Crippen LogP contribution in [0.2, 0.25) is 0 Å². The number of carbonyl (C=O) groups is 1. The van der Waals surface area contributed by atoms with E-state index in [4.69, 9.17) is 9.47 Å². The number of nitrogens with zero attached hydrogens (tertiary/aromatic N) is 1. The van der Waals surface area contributed by atoms with Crippen LogP contribution in [0.5, 0.6) is 11.5 Å². The molecular weight excluding hydrogens is 392 g/mol. The summed E-state index contributed by atoms with van der Waals surface area (Å²) in [6.07, 6.45) is 0.818. The third-order valence-corrected chi connectivity index (χ3v) is 6.37. The van der Waals surface area contributed by atoms with E-state index in [1.54, 1.807) is 18.2 Å². The van der Waals surface area contributed by atoms with Crippen molar-refractivity contribution in [3.8, 4) is 11.5 Å². The van der Waals surface area contributed by atoms with Crippen molar-refractivity contribution in [1.82, 2.24) is 9.62 Å². The van der Waals surface area contributed by atoms with Gasteiger partial charge in [0.15, 0.2) is 11.5 Å². The number of nitrogens with one attached hydrogen (secondary N) is 1. The lowest BCUT2D eigenvalue weighted by molar-refractivity contribution is -0.121. The van der Waals surface area contributed by atoms with E-state index >= 15 is 0 Å². The van der Waals surface area contributed by atoms with E-state index in [1.165, 1.54) is 19.2 Å². The average Bonchev–Trinajstić information content (AvgIpc) is 3.00. The second kappa shape index (κ2) is 8.42. The first-order chi connectivity index (χ1) is 13.7. The Morgan fingerprint density at radius 2 is 1.90 bits per heavy atom. The summed E-state index contributed by atoms with van der Waals surface area (Å²) in [6.45, 7) is 4.29. The van der Waals surface area contributed by atoms with E-state index in [1.807, 2.05) is 32.0 Å². The van der Waals surface area contributed by atoms with Crippen LogP contribution in [0.15, 0.2) is 53.4 Å². The second-order valence-corrected chi connectivity index (χ2v) is 9.60. The topological polar surface area (TPSA) is 84.9 Å². The van der Waals surface area contributed by atoms with Gasteiger partial charge in [-0.3, -0.25) is 4.79 Å². The highest BCUT2D eigenvalue weighted by atomic mass is 32.2. The highest BCUT2D eigenvalue weighted by molar-refractivity contribution is 7.89. The number of para-hydroxylation sites is 1. The van der Waals surface area contributed by atoms with Gasteiger partial charge in [-0.15, -0.1) is 0 Å². The van der Waals surface area contributed by atoms with Crippen LogP contribution in [0, 0.1) is 0 Å². The summed E-state index contributed by atoms with van der Waals surface area (Å²) in [5, 5.41) is 2.68. The first-order valence-corrected chi connectivity index (χ1v) is 10.8. The van der Waals surface area contributed by atoms with E-state index in [0.717, 1.165) is 22.0 Å². The average molecular weight is 419 g/mol. The minimum Gasteiger partial charge on any atom is -0.488 e. The Hall–Kier alpha value is -2.58. The Morgan fingerprint density at radius 1 is 1.17 bits per heavy atom. The van der Waals surface area contributed by atoms with Gasteiger partial charge in [0.25, 0.3) is 0 Å². The standard InChI is InChI=1S/C21H26N2O5S/c1-21(2)14-16-8-7-11-18(20(16)28-21)27-13-12-22-19(24)15-23(3)29(25,26)17-9-5-4-6-10-17/h4-11H,12-15H2,1-3H3,(H,22,24). The molecule has 3 rings (SSSR count). The predicted octanol–water partition coefficient (Wildman–Crippen LogP) is 2.22. The number of ether oxygens (including phenoxy) is 2. The molecule has 0 radical (unpaired) electrons. The first kappa shape index (κ1) is 21.1. The number of sulfonamides is 1. The maximum Gasteiger partial charge on any atom is 0.243 e. The van der Waals surface area contributed by atoms with Crippen LogP contribution in [-0.4, -0.2) is 51.0 Å². The normalized spacial score (nSPS) is 14.9. The molecule has 1 aliphatic rings. The van der Waals surface area contributed by atoms with Gasteiger partial charge in [0, 0.05) is 19.0 Å². The summed E-state index contributed by atoms with van der Waals surface area (Å²) >= 11 is 0. The Morgan fingerprint density at radius 3 is 2.62 bits per heavy atom. The SMILES string of the molecule is CN(CC(=O)NCCOc1cccc2c1OC(C)(C)C2)S(=O)(=O)c1ccccc1. The highest BCUT2D eigenvalue weighted by Gasteiger charge is 2.32. The molecule has 0 unspecified atom stereocenters. The van der Waals surface area contributed by atoms with Crippen LogP contribution in [0.3, 0.4) is 0 Å². The molecule has 0 saturated carbocycles. The van der Waals surface area contributed by atoms with Gasteiger partial charge >= 0.3 is 0 Å². The van der Waals surface area contributed by atoms with Gasteiger partial charge in [-0.2, -0.15) is 4.31 Å². The van der Waals surface area contributed by atoms with Gasteiger partial charge in [0.1, 0.15) is 12.2 Å².